The van der Waals surface area contributed by atoms with Crippen LogP contribution in [0.25, 0.3) is 11.0 Å². The second-order valence-corrected chi connectivity index (χ2v) is 7.48. The number of benzene rings is 2. The van der Waals surface area contributed by atoms with Crippen LogP contribution < -0.4 is 11.1 Å². The van der Waals surface area contributed by atoms with E-state index in [1.165, 1.54) is 12.5 Å². The summed E-state index contributed by atoms with van der Waals surface area (Å²) in [7, 11) is 0. The largest absolute Gasteiger partial charge is 0.392 e. The van der Waals surface area contributed by atoms with Gasteiger partial charge in [-0.15, -0.1) is 0 Å². The SMILES string of the molecule is NC(=O)c1cccc(C(=O)Nc2nc3ccc(CO)cc3n2C2CCCCC2)c1. The Balaban J connectivity index is 1.73. The summed E-state index contributed by atoms with van der Waals surface area (Å²) in [6.45, 7) is -0.0482. The number of fused-ring (bicyclic) bond motifs is 1. The van der Waals surface area contributed by atoms with E-state index < -0.39 is 5.91 Å². The maximum Gasteiger partial charge on any atom is 0.257 e. The summed E-state index contributed by atoms with van der Waals surface area (Å²) in [6.07, 6.45) is 5.53. The van der Waals surface area contributed by atoms with Gasteiger partial charge in [-0.1, -0.05) is 31.4 Å². The van der Waals surface area contributed by atoms with Crippen molar-refractivity contribution in [1.29, 1.82) is 0 Å². The molecule has 0 unspecified atom stereocenters. The Hall–Kier alpha value is -3.19. The summed E-state index contributed by atoms with van der Waals surface area (Å²) >= 11 is 0. The highest BCUT2D eigenvalue weighted by Crippen LogP contribution is 2.34. The number of carbonyl (C=O) groups excluding carboxylic acids is 2. The molecule has 2 aromatic carbocycles. The lowest BCUT2D eigenvalue weighted by Gasteiger charge is -2.25. The van der Waals surface area contributed by atoms with Crippen molar-refractivity contribution in [3.05, 3.63) is 59.2 Å². The predicted molar refractivity (Wildman–Crippen MR) is 111 cm³/mol. The molecule has 4 rings (SSSR count). The van der Waals surface area contributed by atoms with E-state index >= 15 is 0 Å². The third-order valence-electron chi connectivity index (χ3n) is 5.51. The van der Waals surface area contributed by atoms with Gasteiger partial charge in [0.15, 0.2) is 0 Å². The molecule has 1 fully saturated rings. The normalized spacial score (nSPS) is 14.8. The fourth-order valence-corrected chi connectivity index (χ4v) is 4.02. The molecule has 0 aliphatic heterocycles. The highest BCUT2D eigenvalue weighted by atomic mass is 16.3. The molecule has 29 heavy (non-hydrogen) atoms. The predicted octanol–water partition coefficient (Wildman–Crippen LogP) is 3.39. The van der Waals surface area contributed by atoms with Crippen molar-refractivity contribution < 1.29 is 14.7 Å². The third kappa shape index (κ3) is 3.86. The van der Waals surface area contributed by atoms with Gasteiger partial charge in [0.05, 0.1) is 17.6 Å². The molecule has 0 bridgehead atoms. The molecular weight excluding hydrogens is 368 g/mol. The fraction of sp³-hybridized carbons (Fsp3) is 0.318. The number of aliphatic hydroxyl groups excluding tert-OH is 1. The van der Waals surface area contributed by atoms with Gasteiger partial charge in [0.2, 0.25) is 11.9 Å². The zero-order valence-corrected chi connectivity index (χ0v) is 16.1. The second-order valence-electron chi connectivity index (χ2n) is 7.48. The number of nitrogens with one attached hydrogen (secondary N) is 1. The molecule has 2 amide bonds. The van der Waals surface area contributed by atoms with Crippen LogP contribution in [0.15, 0.2) is 42.5 Å². The van der Waals surface area contributed by atoms with Gasteiger partial charge in [-0.2, -0.15) is 0 Å². The Morgan fingerprint density at radius 1 is 1.10 bits per heavy atom. The highest BCUT2D eigenvalue weighted by Gasteiger charge is 2.23. The molecule has 0 saturated heterocycles. The highest BCUT2D eigenvalue weighted by molar-refractivity contribution is 6.05. The van der Waals surface area contributed by atoms with Gasteiger partial charge >= 0.3 is 0 Å². The Bertz CT molecular complexity index is 1070. The molecule has 4 N–H and O–H groups in total. The van der Waals surface area contributed by atoms with Crippen LogP contribution in [0, 0.1) is 0 Å². The van der Waals surface area contributed by atoms with Crippen LogP contribution in [-0.4, -0.2) is 26.5 Å². The number of hydrogen-bond donors (Lipinski definition) is 3. The Kier molecular flexibility index (Phi) is 5.31. The minimum Gasteiger partial charge on any atom is -0.392 e. The lowest BCUT2D eigenvalue weighted by atomic mass is 9.95. The van der Waals surface area contributed by atoms with Gasteiger partial charge in [0.1, 0.15) is 0 Å². The van der Waals surface area contributed by atoms with Crippen LogP contribution in [0.2, 0.25) is 0 Å². The Morgan fingerprint density at radius 2 is 1.86 bits per heavy atom. The molecular formula is C22H24N4O3. The number of aliphatic hydroxyl groups is 1. The van der Waals surface area contributed by atoms with Crippen LogP contribution in [0.3, 0.4) is 0 Å². The molecule has 1 aliphatic rings. The van der Waals surface area contributed by atoms with Crippen LogP contribution in [0.4, 0.5) is 5.95 Å². The van der Waals surface area contributed by atoms with Crippen molar-refractivity contribution in [2.75, 3.05) is 5.32 Å². The van der Waals surface area contributed by atoms with E-state index in [4.69, 9.17) is 5.73 Å². The first-order valence-electron chi connectivity index (χ1n) is 9.90. The lowest BCUT2D eigenvalue weighted by Crippen LogP contribution is -2.20. The van der Waals surface area contributed by atoms with E-state index in [9.17, 15) is 14.7 Å². The van der Waals surface area contributed by atoms with Crippen molar-refractivity contribution in [3.63, 3.8) is 0 Å². The number of nitrogens with zero attached hydrogens (tertiary/aromatic N) is 2. The molecule has 1 saturated carbocycles. The molecule has 1 aromatic heterocycles. The first-order valence-corrected chi connectivity index (χ1v) is 9.90. The molecule has 3 aromatic rings. The quantitative estimate of drug-likeness (QED) is 0.618. The topological polar surface area (TPSA) is 110 Å². The van der Waals surface area contributed by atoms with Crippen molar-refractivity contribution >= 4 is 28.8 Å². The van der Waals surface area contributed by atoms with E-state index in [0.717, 1.165) is 42.3 Å². The number of amides is 2. The summed E-state index contributed by atoms with van der Waals surface area (Å²) in [5, 5.41) is 12.4. The standard InChI is InChI=1S/C22H24N4O3/c23-20(28)15-5-4-6-16(12-15)21(29)25-22-24-18-10-9-14(13-27)11-19(18)26(22)17-7-2-1-3-8-17/h4-6,9-12,17,27H,1-3,7-8,13H2,(H2,23,28)(H,24,25,29). The van der Waals surface area contributed by atoms with Gasteiger partial charge in [-0.05, 0) is 48.7 Å². The number of hydrogen-bond acceptors (Lipinski definition) is 4. The average Bonchev–Trinajstić information content (AvgIpc) is 3.11. The minimum absolute atomic E-state index is 0.0482. The molecule has 0 spiro atoms. The van der Waals surface area contributed by atoms with Crippen LogP contribution in [-0.2, 0) is 6.61 Å². The molecule has 1 aliphatic carbocycles. The van der Waals surface area contributed by atoms with E-state index in [1.54, 1.807) is 18.2 Å². The van der Waals surface area contributed by atoms with Gasteiger partial charge in [-0.3, -0.25) is 14.9 Å². The van der Waals surface area contributed by atoms with Crippen LogP contribution >= 0.6 is 0 Å². The first-order chi connectivity index (χ1) is 14.1. The maximum atomic E-state index is 12.9. The van der Waals surface area contributed by atoms with Crippen LogP contribution in [0.5, 0.6) is 0 Å². The van der Waals surface area contributed by atoms with E-state index in [1.807, 2.05) is 18.2 Å². The Morgan fingerprint density at radius 3 is 2.59 bits per heavy atom. The summed E-state index contributed by atoms with van der Waals surface area (Å²) in [6, 6.07) is 12.2. The zero-order valence-electron chi connectivity index (χ0n) is 16.1. The summed E-state index contributed by atoms with van der Waals surface area (Å²) < 4.78 is 2.09. The van der Waals surface area contributed by atoms with Gasteiger partial charge in [0, 0.05) is 17.2 Å². The van der Waals surface area contributed by atoms with E-state index in [-0.39, 0.29) is 24.1 Å². The van der Waals surface area contributed by atoms with E-state index in [0.29, 0.717) is 11.5 Å². The molecule has 150 valence electrons. The second kappa shape index (κ2) is 8.05. The number of nitrogens with two attached hydrogens (primary N) is 1. The molecule has 7 nitrogen and oxygen atoms in total. The molecule has 0 radical (unpaired) electrons. The monoisotopic (exact) mass is 392 g/mol. The summed E-state index contributed by atoms with van der Waals surface area (Å²) in [5.74, 6) is -0.440. The number of carbonyl (C=O) groups is 2. The van der Waals surface area contributed by atoms with Crippen molar-refractivity contribution in [3.8, 4) is 0 Å². The van der Waals surface area contributed by atoms with Gasteiger partial charge in [0.25, 0.3) is 5.91 Å². The minimum atomic E-state index is -0.578. The van der Waals surface area contributed by atoms with Gasteiger partial charge in [-0.25, -0.2) is 4.98 Å². The third-order valence-corrected chi connectivity index (χ3v) is 5.51. The van der Waals surface area contributed by atoms with Gasteiger partial charge < -0.3 is 15.4 Å². The summed E-state index contributed by atoms with van der Waals surface area (Å²) in [5.41, 5.74) is 8.44. The van der Waals surface area contributed by atoms with Crippen LogP contribution in [0.1, 0.15) is 64.4 Å². The number of rotatable bonds is 5. The Labute approximate surface area is 168 Å². The maximum absolute atomic E-state index is 12.9. The number of imidazole rings is 1. The first kappa shape index (κ1) is 19.1. The number of primary amides is 1. The summed E-state index contributed by atoms with van der Waals surface area (Å²) in [4.78, 5) is 28.9. The average molecular weight is 392 g/mol. The zero-order chi connectivity index (χ0) is 20.4. The van der Waals surface area contributed by atoms with Crippen molar-refractivity contribution in [1.82, 2.24) is 9.55 Å². The smallest absolute Gasteiger partial charge is 0.257 e. The lowest BCUT2D eigenvalue weighted by molar-refractivity contribution is 0.1000. The van der Waals surface area contributed by atoms with Crippen molar-refractivity contribution in [2.45, 2.75) is 44.8 Å². The number of aromatic nitrogens is 2. The fourth-order valence-electron chi connectivity index (χ4n) is 4.02. The van der Waals surface area contributed by atoms with Crippen molar-refractivity contribution in [2.24, 2.45) is 5.73 Å². The molecule has 1 heterocycles. The van der Waals surface area contributed by atoms with E-state index in [2.05, 4.69) is 14.9 Å². The molecule has 0 atom stereocenters. The molecule has 7 heteroatoms. The number of anilines is 1.